The first kappa shape index (κ1) is 16.6. The van der Waals surface area contributed by atoms with Crippen molar-refractivity contribution in [2.75, 3.05) is 32.5 Å². The summed E-state index contributed by atoms with van der Waals surface area (Å²) in [5, 5.41) is 0. The summed E-state index contributed by atoms with van der Waals surface area (Å²) >= 11 is 0. The highest BCUT2D eigenvalue weighted by Gasteiger charge is 2.24. The Kier molecular flexibility index (Phi) is 5.67. The molecule has 0 saturated heterocycles. The zero-order chi connectivity index (χ0) is 15.3. The minimum Gasteiger partial charge on any atom is -0.398 e. The summed E-state index contributed by atoms with van der Waals surface area (Å²) in [6.45, 7) is 5.51. The van der Waals surface area contributed by atoms with Crippen molar-refractivity contribution in [1.82, 2.24) is 4.31 Å². The van der Waals surface area contributed by atoms with Gasteiger partial charge in [0, 0.05) is 31.5 Å². The second-order valence-corrected chi connectivity index (χ2v) is 6.20. The Labute approximate surface area is 118 Å². The van der Waals surface area contributed by atoms with Crippen molar-refractivity contribution in [3.05, 3.63) is 36.2 Å². The zero-order valence-electron chi connectivity index (χ0n) is 11.6. The lowest BCUT2D eigenvalue weighted by molar-refractivity contribution is 0.182. The van der Waals surface area contributed by atoms with Gasteiger partial charge in [0.05, 0.1) is 11.5 Å². The maximum atomic E-state index is 13.7. The minimum atomic E-state index is -3.84. The van der Waals surface area contributed by atoms with Gasteiger partial charge in [-0.1, -0.05) is 6.08 Å². The first-order chi connectivity index (χ1) is 9.34. The first-order valence-corrected chi connectivity index (χ1v) is 7.44. The van der Waals surface area contributed by atoms with Crippen molar-refractivity contribution in [2.24, 2.45) is 0 Å². The number of halogens is 1. The van der Waals surface area contributed by atoms with Crippen LogP contribution in [0.15, 0.2) is 29.7 Å². The normalized spacial score (nSPS) is 11.8. The Morgan fingerprint density at radius 2 is 2.15 bits per heavy atom. The van der Waals surface area contributed by atoms with Gasteiger partial charge in [-0.15, -0.1) is 6.58 Å². The van der Waals surface area contributed by atoms with Crippen molar-refractivity contribution >= 4 is 15.7 Å². The van der Waals surface area contributed by atoms with E-state index in [1.807, 2.05) is 0 Å². The lowest BCUT2D eigenvalue weighted by Crippen LogP contribution is -2.34. The zero-order valence-corrected chi connectivity index (χ0v) is 12.4. The molecule has 0 fully saturated rings. The predicted octanol–water partition coefficient (Wildman–Crippen LogP) is 1.54. The number of anilines is 1. The topological polar surface area (TPSA) is 72.6 Å². The molecule has 20 heavy (non-hydrogen) atoms. The van der Waals surface area contributed by atoms with Gasteiger partial charge in [-0.05, 0) is 19.1 Å². The fourth-order valence-corrected chi connectivity index (χ4v) is 3.06. The Morgan fingerprint density at radius 3 is 2.65 bits per heavy atom. The average Bonchev–Trinajstić information content (AvgIpc) is 2.39. The van der Waals surface area contributed by atoms with E-state index in [1.165, 1.54) is 26.2 Å². The summed E-state index contributed by atoms with van der Waals surface area (Å²) in [5.74, 6) is -0.645. The van der Waals surface area contributed by atoms with E-state index >= 15 is 0 Å². The average molecular weight is 302 g/mol. The van der Waals surface area contributed by atoms with Crippen LogP contribution in [0.3, 0.4) is 0 Å². The molecular formula is C13H19FN2O3S. The van der Waals surface area contributed by atoms with E-state index < -0.39 is 15.8 Å². The monoisotopic (exact) mass is 302 g/mol. The summed E-state index contributed by atoms with van der Waals surface area (Å²) < 4.78 is 44.6. The lowest BCUT2D eigenvalue weighted by Gasteiger charge is -2.21. The van der Waals surface area contributed by atoms with Crippen LogP contribution >= 0.6 is 0 Å². The fraction of sp³-hybridized carbons (Fsp3) is 0.385. The minimum absolute atomic E-state index is 0.105. The maximum Gasteiger partial charge on any atom is 0.243 e. The van der Waals surface area contributed by atoms with Gasteiger partial charge in [0.1, 0.15) is 5.82 Å². The van der Waals surface area contributed by atoms with E-state index in [2.05, 4.69) is 6.58 Å². The molecule has 112 valence electrons. The quantitative estimate of drug-likeness (QED) is 0.612. The van der Waals surface area contributed by atoms with Crippen LogP contribution in [-0.4, -0.2) is 39.5 Å². The fourth-order valence-electron chi connectivity index (χ4n) is 1.62. The standard InChI is InChI=1S/C13H19FN2O3S/c1-4-5-16(6-7-19-3)20(17,18)11-8-12(14)10(2)13(15)9-11/h4,8-9H,1,5-7,15H2,2-3H3. The molecule has 0 heterocycles. The third-order valence-corrected chi connectivity index (χ3v) is 4.72. The third-order valence-electron chi connectivity index (χ3n) is 2.87. The number of ether oxygens (including phenoxy) is 1. The third kappa shape index (κ3) is 3.56. The van der Waals surface area contributed by atoms with Gasteiger partial charge >= 0.3 is 0 Å². The van der Waals surface area contributed by atoms with Crippen LogP contribution in [-0.2, 0) is 14.8 Å². The summed E-state index contributed by atoms with van der Waals surface area (Å²) in [4.78, 5) is -0.170. The van der Waals surface area contributed by atoms with E-state index in [0.29, 0.717) is 0 Å². The van der Waals surface area contributed by atoms with E-state index in [1.54, 1.807) is 0 Å². The van der Waals surface area contributed by atoms with Gasteiger partial charge in [0.15, 0.2) is 0 Å². The molecule has 0 amide bonds. The molecule has 1 aromatic carbocycles. The highest BCUT2D eigenvalue weighted by molar-refractivity contribution is 7.89. The van der Waals surface area contributed by atoms with Gasteiger partial charge in [0.2, 0.25) is 10.0 Å². The highest BCUT2D eigenvalue weighted by atomic mass is 32.2. The number of hydrogen-bond donors (Lipinski definition) is 1. The Hall–Kier alpha value is -1.44. The maximum absolute atomic E-state index is 13.7. The molecule has 0 aliphatic carbocycles. The molecular weight excluding hydrogens is 283 g/mol. The number of nitrogen functional groups attached to an aromatic ring is 1. The smallest absolute Gasteiger partial charge is 0.243 e. The molecule has 0 aromatic heterocycles. The van der Waals surface area contributed by atoms with Crippen molar-refractivity contribution in [2.45, 2.75) is 11.8 Å². The molecule has 0 saturated carbocycles. The van der Waals surface area contributed by atoms with Crippen LogP contribution in [0.1, 0.15) is 5.56 Å². The summed E-state index contributed by atoms with van der Waals surface area (Å²) in [6, 6.07) is 2.24. The van der Waals surface area contributed by atoms with Crippen LogP contribution in [0, 0.1) is 12.7 Å². The largest absolute Gasteiger partial charge is 0.398 e. The summed E-state index contributed by atoms with van der Waals surface area (Å²) in [7, 11) is -2.36. The Balaban J connectivity index is 3.22. The molecule has 2 N–H and O–H groups in total. The van der Waals surface area contributed by atoms with Gasteiger partial charge in [-0.2, -0.15) is 4.31 Å². The highest BCUT2D eigenvalue weighted by Crippen LogP contribution is 2.23. The van der Waals surface area contributed by atoms with E-state index in [-0.39, 0.29) is 35.8 Å². The van der Waals surface area contributed by atoms with Gasteiger partial charge in [-0.3, -0.25) is 0 Å². The number of hydrogen-bond acceptors (Lipinski definition) is 4. The molecule has 0 atom stereocenters. The van der Waals surface area contributed by atoms with Gasteiger partial charge in [-0.25, -0.2) is 12.8 Å². The molecule has 0 unspecified atom stereocenters. The second-order valence-electron chi connectivity index (χ2n) is 4.26. The molecule has 0 radical (unpaired) electrons. The number of methoxy groups -OCH3 is 1. The van der Waals surface area contributed by atoms with E-state index in [4.69, 9.17) is 10.5 Å². The van der Waals surface area contributed by atoms with Crippen LogP contribution in [0.4, 0.5) is 10.1 Å². The Bertz CT molecular complexity index is 564. The van der Waals surface area contributed by atoms with Crippen LogP contribution in [0.5, 0.6) is 0 Å². The number of nitrogens with two attached hydrogens (primary N) is 1. The van der Waals surface area contributed by atoms with Crippen LogP contribution in [0.2, 0.25) is 0 Å². The Morgan fingerprint density at radius 1 is 1.50 bits per heavy atom. The number of sulfonamides is 1. The predicted molar refractivity (Wildman–Crippen MR) is 76.4 cm³/mol. The molecule has 0 aliphatic rings. The molecule has 0 bridgehead atoms. The van der Waals surface area contributed by atoms with E-state index in [9.17, 15) is 12.8 Å². The van der Waals surface area contributed by atoms with Crippen molar-refractivity contribution < 1.29 is 17.5 Å². The molecule has 5 nitrogen and oxygen atoms in total. The number of benzene rings is 1. The van der Waals surface area contributed by atoms with Gasteiger partial charge in [0.25, 0.3) is 0 Å². The molecule has 7 heteroatoms. The number of rotatable bonds is 7. The SMILES string of the molecule is C=CCN(CCOC)S(=O)(=O)c1cc(N)c(C)c(F)c1. The summed E-state index contributed by atoms with van der Waals surface area (Å²) in [6.07, 6.45) is 1.46. The van der Waals surface area contributed by atoms with Crippen molar-refractivity contribution in [3.63, 3.8) is 0 Å². The summed E-state index contributed by atoms with van der Waals surface area (Å²) in [5.41, 5.74) is 5.96. The van der Waals surface area contributed by atoms with E-state index in [0.717, 1.165) is 10.4 Å². The first-order valence-electron chi connectivity index (χ1n) is 6.00. The molecule has 1 aromatic rings. The molecule has 0 spiro atoms. The van der Waals surface area contributed by atoms with Crippen molar-refractivity contribution in [3.8, 4) is 0 Å². The van der Waals surface area contributed by atoms with Crippen molar-refractivity contribution in [1.29, 1.82) is 0 Å². The molecule has 0 aliphatic heterocycles. The molecule has 1 rings (SSSR count). The van der Waals surface area contributed by atoms with Crippen LogP contribution in [0.25, 0.3) is 0 Å². The second kappa shape index (κ2) is 6.83. The number of nitrogens with zero attached hydrogens (tertiary/aromatic N) is 1. The van der Waals surface area contributed by atoms with Gasteiger partial charge < -0.3 is 10.5 Å². The van der Waals surface area contributed by atoms with Crippen LogP contribution < -0.4 is 5.73 Å². The lowest BCUT2D eigenvalue weighted by atomic mass is 10.2.